The average molecular weight is 301 g/mol. The first kappa shape index (κ1) is 16.2. The molecular formula is C17H23N3O2. The predicted octanol–water partition coefficient (Wildman–Crippen LogP) is 2.67. The van der Waals surface area contributed by atoms with Crippen LogP contribution in [0.1, 0.15) is 33.3 Å². The molecule has 2 aromatic rings. The van der Waals surface area contributed by atoms with Crippen molar-refractivity contribution in [2.75, 3.05) is 6.61 Å². The van der Waals surface area contributed by atoms with Gasteiger partial charge in [0.1, 0.15) is 5.75 Å². The molecule has 0 aliphatic rings. The molecule has 22 heavy (non-hydrogen) atoms. The minimum Gasteiger partial charge on any atom is -0.493 e. The van der Waals surface area contributed by atoms with Crippen molar-refractivity contribution in [2.24, 2.45) is 11.7 Å². The van der Waals surface area contributed by atoms with Crippen molar-refractivity contribution in [3.8, 4) is 17.0 Å². The zero-order chi connectivity index (χ0) is 16.3. The molecule has 5 nitrogen and oxygen atoms in total. The monoisotopic (exact) mass is 301 g/mol. The highest BCUT2D eigenvalue weighted by Crippen LogP contribution is 2.22. The average Bonchev–Trinajstić information content (AvgIpc) is 2.45. The second-order valence-electron chi connectivity index (χ2n) is 6.45. The lowest BCUT2D eigenvalue weighted by molar-refractivity contribution is 0.271. The third kappa shape index (κ3) is 3.95. The van der Waals surface area contributed by atoms with Crippen LogP contribution in [0.15, 0.2) is 35.1 Å². The third-order valence-corrected chi connectivity index (χ3v) is 3.23. The van der Waals surface area contributed by atoms with Crippen LogP contribution in [0.2, 0.25) is 0 Å². The molecule has 0 aliphatic carbocycles. The van der Waals surface area contributed by atoms with E-state index in [-0.39, 0.29) is 5.56 Å². The van der Waals surface area contributed by atoms with Crippen LogP contribution < -0.4 is 16.0 Å². The normalized spacial score (nSPS) is 11.7. The van der Waals surface area contributed by atoms with E-state index in [9.17, 15) is 4.79 Å². The summed E-state index contributed by atoms with van der Waals surface area (Å²) in [5, 5.41) is 6.60. The number of aromatic amines is 1. The summed E-state index contributed by atoms with van der Waals surface area (Å²) in [6.45, 7) is 8.49. The van der Waals surface area contributed by atoms with Crippen molar-refractivity contribution in [1.29, 1.82) is 0 Å². The van der Waals surface area contributed by atoms with Crippen LogP contribution in [-0.4, -0.2) is 16.8 Å². The van der Waals surface area contributed by atoms with E-state index in [2.05, 4.69) is 24.0 Å². The fourth-order valence-corrected chi connectivity index (χ4v) is 2.02. The fraction of sp³-hybridized carbons (Fsp3) is 0.412. The highest BCUT2D eigenvalue weighted by atomic mass is 16.5. The Morgan fingerprint density at radius 3 is 2.45 bits per heavy atom. The summed E-state index contributed by atoms with van der Waals surface area (Å²) in [6, 6.07) is 9.38. The Kier molecular flexibility index (Phi) is 4.66. The summed E-state index contributed by atoms with van der Waals surface area (Å²) in [6.07, 6.45) is 0. The lowest BCUT2D eigenvalue weighted by Crippen LogP contribution is -2.35. The zero-order valence-electron chi connectivity index (χ0n) is 13.5. The van der Waals surface area contributed by atoms with E-state index in [4.69, 9.17) is 10.5 Å². The van der Waals surface area contributed by atoms with Gasteiger partial charge in [-0.05, 0) is 50.1 Å². The van der Waals surface area contributed by atoms with E-state index in [1.165, 1.54) is 0 Å². The summed E-state index contributed by atoms with van der Waals surface area (Å²) in [5.41, 5.74) is 7.15. The topological polar surface area (TPSA) is 81.0 Å². The van der Waals surface area contributed by atoms with Gasteiger partial charge in [-0.2, -0.15) is 5.10 Å². The van der Waals surface area contributed by atoms with Crippen molar-refractivity contribution in [3.63, 3.8) is 0 Å². The maximum absolute atomic E-state index is 11.8. The molecular weight excluding hydrogens is 278 g/mol. The van der Waals surface area contributed by atoms with Gasteiger partial charge in [-0.25, -0.2) is 5.10 Å². The number of nitrogens with one attached hydrogen (secondary N) is 1. The van der Waals surface area contributed by atoms with E-state index in [1.54, 1.807) is 19.9 Å². The van der Waals surface area contributed by atoms with Gasteiger partial charge < -0.3 is 10.5 Å². The number of H-pyrrole nitrogens is 1. The Balaban J connectivity index is 2.27. The maximum Gasteiger partial charge on any atom is 0.269 e. The van der Waals surface area contributed by atoms with Crippen molar-refractivity contribution in [3.05, 3.63) is 46.2 Å². The number of hydrogen-bond donors (Lipinski definition) is 2. The van der Waals surface area contributed by atoms with Crippen LogP contribution in [-0.2, 0) is 5.54 Å². The molecule has 0 spiro atoms. The predicted molar refractivity (Wildman–Crippen MR) is 87.8 cm³/mol. The van der Waals surface area contributed by atoms with Gasteiger partial charge in [0, 0.05) is 16.7 Å². The second kappa shape index (κ2) is 6.32. The van der Waals surface area contributed by atoms with E-state index < -0.39 is 5.54 Å². The number of ether oxygens (including phenoxy) is 1. The quantitative estimate of drug-likeness (QED) is 0.889. The van der Waals surface area contributed by atoms with E-state index in [1.807, 2.05) is 24.3 Å². The number of hydrogen-bond acceptors (Lipinski definition) is 4. The van der Waals surface area contributed by atoms with Crippen molar-refractivity contribution in [1.82, 2.24) is 10.2 Å². The van der Waals surface area contributed by atoms with E-state index >= 15 is 0 Å². The molecule has 5 heteroatoms. The lowest BCUT2D eigenvalue weighted by atomic mass is 9.96. The Morgan fingerprint density at radius 1 is 1.27 bits per heavy atom. The summed E-state index contributed by atoms with van der Waals surface area (Å²) in [7, 11) is 0. The molecule has 1 heterocycles. The van der Waals surface area contributed by atoms with Crippen LogP contribution in [0.3, 0.4) is 0 Å². The van der Waals surface area contributed by atoms with Gasteiger partial charge in [-0.3, -0.25) is 4.79 Å². The number of nitrogens with zero attached hydrogens (tertiary/aromatic N) is 1. The van der Waals surface area contributed by atoms with Crippen LogP contribution in [0.25, 0.3) is 11.3 Å². The molecule has 0 bridgehead atoms. The summed E-state index contributed by atoms with van der Waals surface area (Å²) in [5.74, 6) is 1.30. The van der Waals surface area contributed by atoms with Gasteiger partial charge in [0.15, 0.2) is 0 Å². The number of rotatable bonds is 5. The Morgan fingerprint density at radius 2 is 1.91 bits per heavy atom. The largest absolute Gasteiger partial charge is 0.493 e. The third-order valence-electron chi connectivity index (χ3n) is 3.23. The van der Waals surface area contributed by atoms with Gasteiger partial charge in [0.2, 0.25) is 0 Å². The van der Waals surface area contributed by atoms with Gasteiger partial charge >= 0.3 is 0 Å². The fourth-order valence-electron chi connectivity index (χ4n) is 2.02. The van der Waals surface area contributed by atoms with Crippen molar-refractivity contribution < 1.29 is 4.74 Å². The molecule has 0 saturated carbocycles. The van der Waals surface area contributed by atoms with Gasteiger partial charge in [0.05, 0.1) is 12.3 Å². The highest BCUT2D eigenvalue weighted by molar-refractivity contribution is 5.60. The van der Waals surface area contributed by atoms with E-state index in [0.717, 1.165) is 11.3 Å². The molecule has 118 valence electrons. The number of benzene rings is 1. The minimum absolute atomic E-state index is 0.256. The Bertz CT molecular complexity index is 682. The molecule has 1 aromatic carbocycles. The zero-order valence-corrected chi connectivity index (χ0v) is 13.5. The molecule has 0 aliphatic heterocycles. The second-order valence-corrected chi connectivity index (χ2v) is 6.45. The van der Waals surface area contributed by atoms with Crippen LogP contribution >= 0.6 is 0 Å². The molecule has 1 aromatic heterocycles. The highest BCUT2D eigenvalue weighted by Gasteiger charge is 2.19. The maximum atomic E-state index is 11.8. The van der Waals surface area contributed by atoms with Crippen LogP contribution in [0.5, 0.6) is 5.75 Å². The lowest BCUT2D eigenvalue weighted by Gasteiger charge is -2.18. The molecule has 0 unspecified atom stereocenters. The molecule has 0 radical (unpaired) electrons. The first-order valence-electron chi connectivity index (χ1n) is 7.39. The number of aromatic nitrogens is 2. The molecule has 0 saturated heterocycles. The molecule has 0 amide bonds. The molecule has 0 fully saturated rings. The van der Waals surface area contributed by atoms with Gasteiger partial charge in [-0.1, -0.05) is 13.8 Å². The molecule has 2 rings (SSSR count). The summed E-state index contributed by atoms with van der Waals surface area (Å²) >= 11 is 0. The van der Waals surface area contributed by atoms with Crippen molar-refractivity contribution >= 4 is 0 Å². The summed E-state index contributed by atoms with van der Waals surface area (Å²) < 4.78 is 5.66. The van der Waals surface area contributed by atoms with E-state index in [0.29, 0.717) is 23.8 Å². The summed E-state index contributed by atoms with van der Waals surface area (Å²) in [4.78, 5) is 11.8. The van der Waals surface area contributed by atoms with Crippen LogP contribution in [0, 0.1) is 5.92 Å². The molecule has 3 N–H and O–H groups in total. The van der Waals surface area contributed by atoms with Gasteiger partial charge in [-0.15, -0.1) is 0 Å². The SMILES string of the molecule is CC(C)COc1ccc(-c2cc(C(C)(C)N)c(=O)[nH]n2)cc1. The van der Waals surface area contributed by atoms with Crippen LogP contribution in [0.4, 0.5) is 0 Å². The van der Waals surface area contributed by atoms with Gasteiger partial charge in [0.25, 0.3) is 5.56 Å². The van der Waals surface area contributed by atoms with Crippen molar-refractivity contribution in [2.45, 2.75) is 33.2 Å². The molecule has 0 atom stereocenters. The Labute approximate surface area is 130 Å². The smallest absolute Gasteiger partial charge is 0.269 e. The minimum atomic E-state index is -0.717. The number of nitrogens with two attached hydrogens (primary N) is 1. The Hall–Kier alpha value is -2.14. The standard InChI is InChI=1S/C17H23N3O2/c1-11(2)10-22-13-7-5-12(6-8-13)15-9-14(17(3,4)18)16(21)20-19-15/h5-9,11H,10,18H2,1-4H3,(H,20,21). The first-order valence-corrected chi connectivity index (χ1v) is 7.39. The first-order chi connectivity index (χ1) is 10.3.